The Bertz CT molecular complexity index is 762. The molecule has 0 bridgehead atoms. The first-order valence-electron chi connectivity index (χ1n) is 6.13. The Labute approximate surface area is 114 Å². The van der Waals surface area contributed by atoms with Crippen LogP contribution in [0.15, 0.2) is 53.8 Å². The van der Waals surface area contributed by atoms with Gasteiger partial charge in [-0.2, -0.15) is 5.10 Å². The molecule has 3 aromatic rings. The van der Waals surface area contributed by atoms with E-state index in [1.54, 1.807) is 41.5 Å². The highest BCUT2D eigenvalue weighted by molar-refractivity contribution is 5.72. The maximum Gasteiger partial charge on any atom is 0.262 e. The second-order valence-corrected chi connectivity index (χ2v) is 4.41. The average Bonchev–Trinajstić information content (AvgIpc) is 2.97. The lowest BCUT2D eigenvalue weighted by atomic mass is 10.1. The summed E-state index contributed by atoms with van der Waals surface area (Å²) in [6.45, 7) is 0.452. The van der Waals surface area contributed by atoms with E-state index in [0.29, 0.717) is 23.5 Å². The maximum absolute atomic E-state index is 12.5. The van der Waals surface area contributed by atoms with Crippen LogP contribution in [0.2, 0.25) is 0 Å². The van der Waals surface area contributed by atoms with E-state index in [4.69, 9.17) is 5.73 Å². The van der Waals surface area contributed by atoms with Crippen LogP contribution in [0.5, 0.6) is 0 Å². The molecule has 0 aliphatic carbocycles. The first kappa shape index (κ1) is 12.2. The molecule has 100 valence electrons. The van der Waals surface area contributed by atoms with Crippen LogP contribution >= 0.6 is 0 Å². The van der Waals surface area contributed by atoms with Gasteiger partial charge in [-0.3, -0.25) is 14.9 Å². The third-order valence-electron chi connectivity index (χ3n) is 3.04. The van der Waals surface area contributed by atoms with E-state index in [-0.39, 0.29) is 5.56 Å². The Morgan fingerprint density at radius 2 is 2.15 bits per heavy atom. The molecule has 0 saturated heterocycles. The number of hydrogen-bond donors (Lipinski definition) is 2. The molecule has 0 atom stereocenters. The number of nitrogens with zero attached hydrogens (tertiary/aromatic N) is 3. The van der Waals surface area contributed by atoms with Crippen molar-refractivity contribution in [1.29, 1.82) is 0 Å². The molecule has 0 amide bonds. The average molecular weight is 267 g/mol. The van der Waals surface area contributed by atoms with Gasteiger partial charge in [-0.25, -0.2) is 0 Å². The van der Waals surface area contributed by atoms with E-state index in [9.17, 15) is 4.79 Å². The minimum atomic E-state index is -0.155. The third kappa shape index (κ3) is 2.18. The zero-order valence-corrected chi connectivity index (χ0v) is 10.7. The number of nitrogens with two attached hydrogens (primary N) is 1. The van der Waals surface area contributed by atoms with Gasteiger partial charge in [0.2, 0.25) is 0 Å². The van der Waals surface area contributed by atoms with E-state index in [1.807, 2.05) is 12.1 Å². The Hall–Kier alpha value is -2.89. The summed E-state index contributed by atoms with van der Waals surface area (Å²) in [4.78, 5) is 16.6. The van der Waals surface area contributed by atoms with Crippen LogP contribution in [-0.4, -0.2) is 19.7 Å². The highest BCUT2D eigenvalue weighted by Gasteiger charge is 2.11. The van der Waals surface area contributed by atoms with Gasteiger partial charge in [0.15, 0.2) is 0 Å². The van der Waals surface area contributed by atoms with Crippen molar-refractivity contribution >= 4 is 5.69 Å². The molecule has 0 aliphatic heterocycles. The fraction of sp³-hybridized carbons (Fsp3) is 0.0714. The second kappa shape index (κ2) is 5.00. The molecule has 0 radical (unpaired) electrons. The van der Waals surface area contributed by atoms with E-state index < -0.39 is 0 Å². The highest BCUT2D eigenvalue weighted by Crippen LogP contribution is 2.18. The number of nitrogen functional groups attached to an aromatic ring is 1. The van der Waals surface area contributed by atoms with Crippen molar-refractivity contribution in [2.75, 3.05) is 5.73 Å². The zero-order chi connectivity index (χ0) is 13.9. The molecule has 0 unspecified atom stereocenters. The normalized spacial score (nSPS) is 10.6. The van der Waals surface area contributed by atoms with Crippen LogP contribution in [0.3, 0.4) is 0 Å². The number of pyridine rings is 2. The zero-order valence-electron chi connectivity index (χ0n) is 10.7. The Morgan fingerprint density at radius 3 is 2.85 bits per heavy atom. The van der Waals surface area contributed by atoms with Gasteiger partial charge in [0.1, 0.15) is 0 Å². The van der Waals surface area contributed by atoms with Crippen molar-refractivity contribution in [3.8, 4) is 11.3 Å². The third-order valence-corrected chi connectivity index (χ3v) is 3.04. The molecule has 0 spiro atoms. The quantitative estimate of drug-likeness (QED) is 0.747. The van der Waals surface area contributed by atoms with Crippen LogP contribution in [-0.2, 0) is 6.54 Å². The van der Waals surface area contributed by atoms with Gasteiger partial charge in [-0.05, 0) is 23.8 Å². The number of anilines is 1. The van der Waals surface area contributed by atoms with Crippen molar-refractivity contribution in [2.24, 2.45) is 0 Å². The van der Waals surface area contributed by atoms with Gasteiger partial charge in [-0.15, -0.1) is 0 Å². The standard InChI is InChI=1S/C14H13N5O/c15-11-4-7-19(9-10-2-1-5-16-8-10)14(20)13(11)12-3-6-17-18-12/h1-8H,9,15H2,(H,17,18). The van der Waals surface area contributed by atoms with Gasteiger partial charge < -0.3 is 10.3 Å². The summed E-state index contributed by atoms with van der Waals surface area (Å²) in [6.07, 6.45) is 6.71. The molecule has 6 heteroatoms. The molecule has 3 heterocycles. The van der Waals surface area contributed by atoms with E-state index in [2.05, 4.69) is 15.2 Å². The number of aromatic nitrogens is 4. The van der Waals surface area contributed by atoms with E-state index in [0.717, 1.165) is 5.56 Å². The van der Waals surface area contributed by atoms with Crippen LogP contribution in [0.1, 0.15) is 5.56 Å². The van der Waals surface area contributed by atoms with Crippen molar-refractivity contribution in [2.45, 2.75) is 6.54 Å². The lowest BCUT2D eigenvalue weighted by Gasteiger charge is -2.09. The van der Waals surface area contributed by atoms with Crippen LogP contribution in [0, 0.1) is 0 Å². The minimum absolute atomic E-state index is 0.155. The summed E-state index contributed by atoms with van der Waals surface area (Å²) in [7, 11) is 0. The molecule has 3 rings (SSSR count). The lowest BCUT2D eigenvalue weighted by molar-refractivity contribution is 0.758. The molecular formula is C14H13N5O. The number of hydrogen-bond acceptors (Lipinski definition) is 4. The summed E-state index contributed by atoms with van der Waals surface area (Å²) in [5.74, 6) is 0. The van der Waals surface area contributed by atoms with Gasteiger partial charge in [0.05, 0.1) is 17.8 Å². The molecule has 6 nitrogen and oxygen atoms in total. The van der Waals surface area contributed by atoms with Crippen molar-refractivity contribution in [1.82, 2.24) is 19.7 Å². The van der Waals surface area contributed by atoms with Gasteiger partial charge in [0.25, 0.3) is 5.56 Å². The summed E-state index contributed by atoms with van der Waals surface area (Å²) in [5.41, 5.74) is 8.19. The smallest absolute Gasteiger partial charge is 0.262 e. The Balaban J connectivity index is 2.06. The Morgan fingerprint density at radius 1 is 1.25 bits per heavy atom. The highest BCUT2D eigenvalue weighted by atomic mass is 16.1. The topological polar surface area (TPSA) is 89.6 Å². The molecule has 0 aromatic carbocycles. The molecule has 20 heavy (non-hydrogen) atoms. The predicted octanol–water partition coefficient (Wildman–Crippen LogP) is 1.26. The second-order valence-electron chi connectivity index (χ2n) is 4.41. The summed E-state index contributed by atoms with van der Waals surface area (Å²) >= 11 is 0. The Kier molecular flexibility index (Phi) is 3.04. The van der Waals surface area contributed by atoms with Gasteiger partial charge in [0, 0.05) is 30.5 Å². The summed E-state index contributed by atoms with van der Waals surface area (Å²) in [6, 6.07) is 7.20. The molecular weight excluding hydrogens is 254 g/mol. The first-order chi connectivity index (χ1) is 9.75. The SMILES string of the molecule is Nc1ccn(Cc2cccnc2)c(=O)c1-c1ccn[nH]1. The van der Waals surface area contributed by atoms with Crippen molar-refractivity contribution in [3.63, 3.8) is 0 Å². The van der Waals surface area contributed by atoms with Gasteiger partial charge >= 0.3 is 0 Å². The summed E-state index contributed by atoms with van der Waals surface area (Å²) < 4.78 is 1.60. The lowest BCUT2D eigenvalue weighted by Crippen LogP contribution is -2.23. The van der Waals surface area contributed by atoms with Crippen LogP contribution in [0.4, 0.5) is 5.69 Å². The predicted molar refractivity (Wildman–Crippen MR) is 76.0 cm³/mol. The van der Waals surface area contributed by atoms with Crippen LogP contribution < -0.4 is 11.3 Å². The van der Waals surface area contributed by atoms with E-state index >= 15 is 0 Å². The number of rotatable bonds is 3. The fourth-order valence-electron chi connectivity index (χ4n) is 2.07. The molecule has 3 aromatic heterocycles. The minimum Gasteiger partial charge on any atom is -0.398 e. The van der Waals surface area contributed by atoms with Crippen LogP contribution in [0.25, 0.3) is 11.3 Å². The maximum atomic E-state index is 12.5. The largest absolute Gasteiger partial charge is 0.398 e. The van der Waals surface area contributed by atoms with Crippen molar-refractivity contribution < 1.29 is 0 Å². The number of nitrogens with one attached hydrogen (secondary N) is 1. The van der Waals surface area contributed by atoms with Crippen molar-refractivity contribution in [3.05, 3.63) is 65.0 Å². The number of aromatic amines is 1. The first-order valence-corrected chi connectivity index (χ1v) is 6.13. The molecule has 3 N–H and O–H groups in total. The molecule has 0 saturated carbocycles. The fourth-order valence-corrected chi connectivity index (χ4v) is 2.07. The molecule has 0 aliphatic rings. The number of H-pyrrole nitrogens is 1. The van der Waals surface area contributed by atoms with Gasteiger partial charge in [-0.1, -0.05) is 6.07 Å². The van der Waals surface area contributed by atoms with E-state index in [1.165, 1.54) is 0 Å². The summed E-state index contributed by atoms with van der Waals surface area (Å²) in [5, 5.41) is 6.63. The molecule has 0 fully saturated rings. The monoisotopic (exact) mass is 267 g/mol.